The number of ketones is 1. The van der Waals surface area contributed by atoms with E-state index in [2.05, 4.69) is 105 Å². The molecule has 1 aliphatic carbocycles. The van der Waals surface area contributed by atoms with Crippen molar-refractivity contribution in [2.75, 3.05) is 0 Å². The van der Waals surface area contributed by atoms with E-state index in [0.717, 1.165) is 8.95 Å². The van der Waals surface area contributed by atoms with Crippen LogP contribution in [0.2, 0.25) is 0 Å². The summed E-state index contributed by atoms with van der Waals surface area (Å²) >= 11 is 19.8. The van der Waals surface area contributed by atoms with E-state index in [-0.39, 0.29) is 25.5 Å². The van der Waals surface area contributed by atoms with Crippen molar-refractivity contribution >= 4 is 123 Å². The average molecular weight is 824 g/mol. The number of carbonyl (C=O) groups is 1. The van der Waals surface area contributed by atoms with Crippen LogP contribution >= 0.6 is 95.6 Å². The van der Waals surface area contributed by atoms with Crippen LogP contribution in [0.5, 0.6) is 0 Å². The fourth-order valence-corrected chi connectivity index (χ4v) is 6.04. The molecule has 2 aromatic rings. The topological polar surface area (TPSA) is 75.9 Å². The summed E-state index contributed by atoms with van der Waals surface area (Å²) < 4.78 is 32.7. The van der Waals surface area contributed by atoms with E-state index in [9.17, 15) is 13.2 Å². The lowest BCUT2D eigenvalue weighted by molar-refractivity contribution is -0.110. The second-order valence-corrected chi connectivity index (χ2v) is 12.5. The number of amidine groups is 1. The number of sulfonamides is 1. The molecule has 0 bridgehead atoms. The Kier molecular flexibility index (Phi) is 8.48. The number of Topliss-reactive ketones (excluding diaryl/α,β-unsaturated/α-hetero) is 1. The molecule has 160 valence electrons. The van der Waals surface area contributed by atoms with Crippen LogP contribution in [0.15, 0.2) is 89.7 Å². The van der Waals surface area contributed by atoms with E-state index in [1.165, 1.54) is 12.1 Å². The molecule has 0 N–H and O–H groups in total. The van der Waals surface area contributed by atoms with Crippen molar-refractivity contribution in [3.63, 3.8) is 0 Å². The van der Waals surface area contributed by atoms with Crippen molar-refractivity contribution in [3.05, 3.63) is 81.0 Å². The Bertz CT molecular complexity index is 1270. The normalized spacial score (nSPS) is 15.6. The third-order valence-electron chi connectivity index (χ3n) is 3.84. The van der Waals surface area contributed by atoms with Gasteiger partial charge in [0.15, 0.2) is 5.84 Å². The molecule has 0 aliphatic heterocycles. The van der Waals surface area contributed by atoms with Gasteiger partial charge in [0.25, 0.3) is 10.0 Å². The predicted molar refractivity (Wildman–Crippen MR) is 144 cm³/mol. The molecule has 0 saturated heterocycles. The molecular formula is C19H8Br6N2O3S. The van der Waals surface area contributed by atoms with E-state index < -0.39 is 10.0 Å². The van der Waals surface area contributed by atoms with Gasteiger partial charge in [-0.2, -0.15) is 8.42 Å². The van der Waals surface area contributed by atoms with E-state index in [4.69, 9.17) is 0 Å². The summed E-state index contributed by atoms with van der Waals surface area (Å²) in [5, 5.41) is 0. The Morgan fingerprint density at radius 1 is 0.677 bits per heavy atom. The first-order valence-electron chi connectivity index (χ1n) is 8.12. The highest BCUT2D eigenvalue weighted by Gasteiger charge is 2.29. The molecule has 0 aromatic heterocycles. The second kappa shape index (κ2) is 10.4. The Morgan fingerprint density at radius 2 is 1.13 bits per heavy atom. The first-order valence-corrected chi connectivity index (χ1v) is 14.3. The van der Waals surface area contributed by atoms with Crippen molar-refractivity contribution in [3.8, 4) is 0 Å². The zero-order valence-electron chi connectivity index (χ0n) is 14.9. The highest BCUT2D eigenvalue weighted by molar-refractivity contribution is 9.16. The molecule has 12 heteroatoms. The van der Waals surface area contributed by atoms with E-state index in [1.54, 1.807) is 36.4 Å². The third-order valence-corrected chi connectivity index (χ3v) is 10.3. The molecule has 0 radical (unpaired) electrons. The summed E-state index contributed by atoms with van der Waals surface area (Å²) in [7, 11) is -4.06. The molecule has 3 rings (SSSR count). The number of benzene rings is 2. The van der Waals surface area contributed by atoms with Crippen LogP contribution < -0.4 is 0 Å². The first-order chi connectivity index (χ1) is 14.5. The predicted octanol–water partition coefficient (Wildman–Crippen LogP) is 7.37. The molecular weight excluding hydrogens is 816 g/mol. The molecule has 0 spiro atoms. The summed E-state index contributed by atoms with van der Waals surface area (Å²) in [5.41, 5.74) is 0.771. The maximum atomic E-state index is 13.0. The summed E-state index contributed by atoms with van der Waals surface area (Å²) in [4.78, 5) is 16.8. The lowest BCUT2D eigenvalue weighted by atomic mass is 10.1. The fourth-order valence-electron chi connectivity index (χ4n) is 2.31. The van der Waals surface area contributed by atoms with Crippen LogP contribution in [-0.2, 0) is 14.8 Å². The zero-order valence-corrected chi connectivity index (χ0v) is 25.2. The van der Waals surface area contributed by atoms with Gasteiger partial charge in [0.2, 0.25) is 5.78 Å². The van der Waals surface area contributed by atoms with Crippen LogP contribution in [0.4, 0.5) is 0 Å². The van der Waals surface area contributed by atoms with Gasteiger partial charge >= 0.3 is 0 Å². The Morgan fingerprint density at radius 3 is 1.61 bits per heavy atom. The van der Waals surface area contributed by atoms with Crippen molar-refractivity contribution in [2.24, 2.45) is 9.39 Å². The van der Waals surface area contributed by atoms with Crippen molar-refractivity contribution in [1.82, 2.24) is 0 Å². The minimum Gasteiger partial charge on any atom is -0.287 e. The fraction of sp³-hybridized carbons (Fsp3) is 0. The van der Waals surface area contributed by atoms with Crippen LogP contribution in [0.3, 0.4) is 0 Å². The third kappa shape index (κ3) is 5.82. The monoisotopic (exact) mass is 818 g/mol. The first kappa shape index (κ1) is 25.4. The number of carbonyl (C=O) groups excluding carboxylic acids is 1. The summed E-state index contributed by atoms with van der Waals surface area (Å²) in [6, 6.07) is 13.0. The number of nitrogens with zero attached hydrogens (tertiary/aromatic N) is 2. The van der Waals surface area contributed by atoms with Crippen LogP contribution in [0.1, 0.15) is 5.56 Å². The van der Waals surface area contributed by atoms with Crippen molar-refractivity contribution < 1.29 is 13.2 Å². The molecule has 0 atom stereocenters. The number of rotatable bonds is 3. The van der Waals surface area contributed by atoms with Gasteiger partial charge < -0.3 is 0 Å². The van der Waals surface area contributed by atoms with Gasteiger partial charge in [-0.05, 0) is 100 Å². The lowest BCUT2D eigenvalue weighted by Crippen LogP contribution is -2.17. The highest BCUT2D eigenvalue weighted by atomic mass is 79.9. The number of hydrogen-bond acceptors (Lipinski definition) is 3. The number of aliphatic imine (C=N–C) groups is 1. The SMILES string of the molecule is O=C1C(Br)=C(Br)C(=N/C(=N/S(=O)(=O)c2ccc(Br)cc2)c2ccc(Br)cc2)C(Br)=C1Br. The van der Waals surface area contributed by atoms with Crippen LogP contribution in [0.25, 0.3) is 0 Å². The molecule has 0 unspecified atom stereocenters. The van der Waals surface area contributed by atoms with Gasteiger partial charge in [-0.15, -0.1) is 4.40 Å². The smallest absolute Gasteiger partial charge is 0.284 e. The average Bonchev–Trinajstić information content (AvgIpc) is 2.74. The van der Waals surface area contributed by atoms with Gasteiger partial charge in [0.05, 0.1) is 28.5 Å². The van der Waals surface area contributed by atoms with Gasteiger partial charge in [0, 0.05) is 14.5 Å². The van der Waals surface area contributed by atoms with Gasteiger partial charge in [-0.25, -0.2) is 4.99 Å². The number of hydrogen-bond donors (Lipinski definition) is 0. The minimum absolute atomic E-state index is 0.0240. The molecule has 0 amide bonds. The van der Waals surface area contributed by atoms with Gasteiger partial charge in [0.1, 0.15) is 0 Å². The quantitative estimate of drug-likeness (QED) is 0.185. The molecule has 2 aromatic carbocycles. The van der Waals surface area contributed by atoms with Crippen LogP contribution in [0, 0.1) is 0 Å². The zero-order chi connectivity index (χ0) is 22.9. The summed E-state index contributed by atoms with van der Waals surface area (Å²) in [6.45, 7) is 0. The van der Waals surface area contributed by atoms with Crippen LogP contribution in [-0.4, -0.2) is 25.7 Å². The summed E-state index contributed by atoms with van der Waals surface area (Å²) in [6.07, 6.45) is 0. The molecule has 1 aliphatic rings. The van der Waals surface area contributed by atoms with E-state index in [0.29, 0.717) is 20.2 Å². The maximum absolute atomic E-state index is 13.0. The standard InChI is InChI=1S/C19H8Br6N2O3S/c20-10-3-1-9(2-4-10)19(27-31(29,30)12-7-5-11(21)6-8-12)26-17-13(22)15(24)18(28)16(25)14(17)23/h1-8H/b27-19+. The number of allylic oxidation sites excluding steroid dienone is 4. The molecule has 0 fully saturated rings. The second-order valence-electron chi connectivity index (χ2n) is 5.90. The highest BCUT2D eigenvalue weighted by Crippen LogP contribution is 2.37. The lowest BCUT2D eigenvalue weighted by Gasteiger charge is -2.15. The van der Waals surface area contributed by atoms with E-state index >= 15 is 0 Å². The minimum atomic E-state index is -4.06. The maximum Gasteiger partial charge on any atom is 0.284 e. The Hall–Kier alpha value is -0.240. The van der Waals surface area contributed by atoms with Crippen molar-refractivity contribution in [1.29, 1.82) is 0 Å². The molecule has 0 saturated carbocycles. The molecule has 5 nitrogen and oxygen atoms in total. The Labute approximate surface area is 229 Å². The Balaban J connectivity index is 2.24. The van der Waals surface area contributed by atoms with Gasteiger partial charge in [-0.1, -0.05) is 44.0 Å². The number of halogens is 6. The summed E-state index contributed by atoms with van der Waals surface area (Å²) in [5.74, 6) is -0.336. The van der Waals surface area contributed by atoms with Gasteiger partial charge in [-0.3, -0.25) is 4.79 Å². The largest absolute Gasteiger partial charge is 0.287 e. The molecule has 0 heterocycles. The molecule has 31 heavy (non-hydrogen) atoms. The van der Waals surface area contributed by atoms with Crippen molar-refractivity contribution in [2.45, 2.75) is 4.90 Å². The van der Waals surface area contributed by atoms with E-state index in [1.807, 2.05) is 0 Å².